The van der Waals surface area contributed by atoms with Crippen LogP contribution in [0.3, 0.4) is 0 Å². The molecular formula is C9H16N2O3. The average Bonchev–Trinajstić information content (AvgIpc) is 2.01. The molecule has 0 aromatic rings. The van der Waals surface area contributed by atoms with E-state index in [4.69, 9.17) is 5.11 Å². The fraction of sp³-hybridized carbons (Fsp3) is 0.556. The van der Waals surface area contributed by atoms with E-state index in [9.17, 15) is 9.59 Å². The molecular weight excluding hydrogens is 184 g/mol. The first kappa shape index (κ1) is 12.5. The zero-order valence-corrected chi connectivity index (χ0v) is 8.70. The lowest BCUT2D eigenvalue weighted by Gasteiger charge is -2.14. The molecule has 0 aliphatic rings. The number of carboxylic acids is 1. The van der Waals surface area contributed by atoms with Gasteiger partial charge in [-0.15, -0.1) is 0 Å². The lowest BCUT2D eigenvalue weighted by molar-refractivity contribution is -0.137. The van der Waals surface area contributed by atoms with Crippen molar-refractivity contribution in [2.24, 2.45) is 0 Å². The van der Waals surface area contributed by atoms with Crippen molar-refractivity contribution in [2.45, 2.75) is 13.8 Å². The molecule has 0 aromatic heterocycles. The van der Waals surface area contributed by atoms with Gasteiger partial charge in [-0.1, -0.05) is 11.6 Å². The van der Waals surface area contributed by atoms with Gasteiger partial charge in [0.05, 0.1) is 0 Å². The van der Waals surface area contributed by atoms with E-state index in [-0.39, 0.29) is 12.6 Å². The molecule has 2 amide bonds. The van der Waals surface area contributed by atoms with Crippen LogP contribution in [0, 0.1) is 0 Å². The second kappa shape index (κ2) is 6.01. The number of carbonyl (C=O) groups excluding carboxylic acids is 1. The molecule has 5 heteroatoms. The highest BCUT2D eigenvalue weighted by Gasteiger charge is 2.09. The van der Waals surface area contributed by atoms with Gasteiger partial charge < -0.3 is 15.3 Å². The van der Waals surface area contributed by atoms with Gasteiger partial charge >= 0.3 is 12.0 Å². The van der Waals surface area contributed by atoms with Gasteiger partial charge in [0.2, 0.25) is 0 Å². The third-order valence-electron chi connectivity index (χ3n) is 1.48. The van der Waals surface area contributed by atoms with Crippen LogP contribution in [0.1, 0.15) is 13.8 Å². The van der Waals surface area contributed by atoms with E-state index in [2.05, 4.69) is 5.32 Å². The van der Waals surface area contributed by atoms with Crippen molar-refractivity contribution in [3.63, 3.8) is 0 Å². The molecule has 0 bridgehead atoms. The summed E-state index contributed by atoms with van der Waals surface area (Å²) in [6.45, 7) is 3.98. The molecule has 0 saturated carbocycles. The van der Waals surface area contributed by atoms with Crippen LogP contribution in [-0.4, -0.2) is 42.1 Å². The highest BCUT2D eigenvalue weighted by molar-refractivity contribution is 5.79. The second-order valence-corrected chi connectivity index (χ2v) is 3.22. The van der Waals surface area contributed by atoms with E-state index < -0.39 is 5.97 Å². The molecule has 5 nitrogen and oxygen atoms in total. The molecule has 0 unspecified atom stereocenters. The molecule has 14 heavy (non-hydrogen) atoms. The van der Waals surface area contributed by atoms with Crippen molar-refractivity contribution in [3.05, 3.63) is 11.6 Å². The summed E-state index contributed by atoms with van der Waals surface area (Å²) in [5.41, 5.74) is 1.10. The summed E-state index contributed by atoms with van der Waals surface area (Å²) in [4.78, 5) is 22.6. The molecule has 80 valence electrons. The Morgan fingerprint density at radius 1 is 1.43 bits per heavy atom. The maximum Gasteiger partial charge on any atom is 0.323 e. The highest BCUT2D eigenvalue weighted by atomic mass is 16.4. The van der Waals surface area contributed by atoms with E-state index in [1.165, 1.54) is 7.05 Å². The minimum Gasteiger partial charge on any atom is -0.480 e. The number of carbonyl (C=O) groups is 2. The number of hydrogen-bond acceptors (Lipinski definition) is 2. The number of nitrogens with zero attached hydrogens (tertiary/aromatic N) is 1. The summed E-state index contributed by atoms with van der Waals surface area (Å²) < 4.78 is 0. The lowest BCUT2D eigenvalue weighted by atomic mass is 10.3. The van der Waals surface area contributed by atoms with Crippen LogP contribution in [-0.2, 0) is 4.79 Å². The van der Waals surface area contributed by atoms with Gasteiger partial charge in [-0.2, -0.15) is 0 Å². The summed E-state index contributed by atoms with van der Waals surface area (Å²) >= 11 is 0. The predicted octanol–water partition coefficient (Wildman–Crippen LogP) is 0.679. The van der Waals surface area contributed by atoms with Gasteiger partial charge in [0.25, 0.3) is 0 Å². The number of urea groups is 1. The van der Waals surface area contributed by atoms with Gasteiger partial charge in [0.1, 0.15) is 6.54 Å². The van der Waals surface area contributed by atoms with E-state index >= 15 is 0 Å². The Kier molecular flexibility index (Phi) is 5.36. The Morgan fingerprint density at radius 2 is 2.00 bits per heavy atom. The van der Waals surface area contributed by atoms with Crippen molar-refractivity contribution >= 4 is 12.0 Å². The molecule has 2 N–H and O–H groups in total. The Hall–Kier alpha value is -1.52. The zero-order valence-electron chi connectivity index (χ0n) is 8.70. The third-order valence-corrected chi connectivity index (χ3v) is 1.48. The number of carboxylic acid groups (broad SMARTS) is 1. The topological polar surface area (TPSA) is 69.6 Å². The lowest BCUT2D eigenvalue weighted by Crippen LogP contribution is -2.40. The van der Waals surface area contributed by atoms with E-state index in [1.54, 1.807) is 0 Å². The summed E-state index contributed by atoms with van der Waals surface area (Å²) in [5.74, 6) is -1.02. The van der Waals surface area contributed by atoms with Crippen LogP contribution >= 0.6 is 0 Å². The minimum absolute atomic E-state index is 0.291. The molecule has 0 aliphatic heterocycles. The molecule has 0 radical (unpaired) electrons. The largest absolute Gasteiger partial charge is 0.480 e. The quantitative estimate of drug-likeness (QED) is 0.655. The molecule has 0 atom stereocenters. The monoisotopic (exact) mass is 200 g/mol. The van der Waals surface area contributed by atoms with Crippen LogP contribution in [0.25, 0.3) is 0 Å². The zero-order chi connectivity index (χ0) is 11.1. The maximum atomic E-state index is 11.2. The smallest absolute Gasteiger partial charge is 0.323 e. The predicted molar refractivity (Wildman–Crippen MR) is 53.1 cm³/mol. The third kappa shape index (κ3) is 6.05. The highest BCUT2D eigenvalue weighted by Crippen LogP contribution is 1.87. The number of likely N-dealkylation sites (N-methyl/N-ethyl adjacent to an activating group) is 1. The Labute approximate surface area is 83.4 Å². The SMILES string of the molecule is CC(C)=CCNC(=O)N(C)CC(=O)O. The Morgan fingerprint density at radius 3 is 2.43 bits per heavy atom. The van der Waals surface area contributed by atoms with Gasteiger partial charge in [0, 0.05) is 13.6 Å². The number of hydrogen-bond donors (Lipinski definition) is 2. The normalized spacial score (nSPS) is 9.07. The summed E-state index contributed by atoms with van der Waals surface area (Å²) in [5, 5.41) is 11.0. The first-order chi connectivity index (χ1) is 6.43. The first-order valence-corrected chi connectivity index (χ1v) is 4.27. The van der Waals surface area contributed by atoms with Gasteiger partial charge in [0.15, 0.2) is 0 Å². The minimum atomic E-state index is -1.02. The van der Waals surface area contributed by atoms with Crippen LogP contribution in [0.4, 0.5) is 4.79 Å². The Balaban J connectivity index is 3.84. The van der Waals surface area contributed by atoms with Gasteiger partial charge in [-0.25, -0.2) is 4.79 Å². The van der Waals surface area contributed by atoms with Crippen LogP contribution in [0.5, 0.6) is 0 Å². The average molecular weight is 200 g/mol. The van der Waals surface area contributed by atoms with Crippen molar-refractivity contribution in [1.82, 2.24) is 10.2 Å². The van der Waals surface area contributed by atoms with E-state index in [0.717, 1.165) is 10.5 Å². The number of rotatable bonds is 4. The second-order valence-electron chi connectivity index (χ2n) is 3.22. The number of aliphatic carboxylic acids is 1. The van der Waals surface area contributed by atoms with Gasteiger partial charge in [-0.3, -0.25) is 4.79 Å². The molecule has 0 aliphatic carbocycles. The maximum absolute atomic E-state index is 11.2. The van der Waals surface area contributed by atoms with Crippen LogP contribution < -0.4 is 5.32 Å². The summed E-state index contributed by atoms with van der Waals surface area (Å²) in [6, 6.07) is -0.384. The summed E-state index contributed by atoms with van der Waals surface area (Å²) in [7, 11) is 1.44. The molecule has 0 aromatic carbocycles. The van der Waals surface area contributed by atoms with E-state index in [1.807, 2.05) is 19.9 Å². The van der Waals surface area contributed by atoms with E-state index in [0.29, 0.717) is 6.54 Å². The number of amides is 2. The number of nitrogens with one attached hydrogen (secondary N) is 1. The molecule has 0 fully saturated rings. The standard InChI is InChI=1S/C9H16N2O3/c1-7(2)4-5-10-9(14)11(3)6-8(12)13/h4H,5-6H2,1-3H3,(H,10,14)(H,12,13). The molecule has 0 rings (SSSR count). The fourth-order valence-corrected chi connectivity index (χ4v) is 0.752. The van der Waals surface area contributed by atoms with Crippen LogP contribution in [0.2, 0.25) is 0 Å². The Bertz CT molecular complexity index is 244. The van der Waals surface area contributed by atoms with Crippen LogP contribution in [0.15, 0.2) is 11.6 Å². The summed E-state index contributed by atoms with van der Waals surface area (Å²) in [6.07, 6.45) is 1.85. The molecule has 0 heterocycles. The van der Waals surface area contributed by atoms with Gasteiger partial charge in [-0.05, 0) is 13.8 Å². The van der Waals surface area contributed by atoms with Crippen molar-refractivity contribution in [2.75, 3.05) is 20.1 Å². The van der Waals surface area contributed by atoms with Crippen molar-refractivity contribution in [1.29, 1.82) is 0 Å². The van der Waals surface area contributed by atoms with Crippen molar-refractivity contribution < 1.29 is 14.7 Å². The number of allylic oxidation sites excluding steroid dienone is 1. The molecule has 0 saturated heterocycles. The van der Waals surface area contributed by atoms with Crippen molar-refractivity contribution in [3.8, 4) is 0 Å². The fourth-order valence-electron chi connectivity index (χ4n) is 0.752. The molecule has 0 spiro atoms. The first-order valence-electron chi connectivity index (χ1n) is 4.27.